The Bertz CT molecular complexity index is 1350. The molecule has 0 aromatic rings. The van der Waals surface area contributed by atoms with Crippen LogP contribution < -0.4 is 0 Å². The van der Waals surface area contributed by atoms with Crippen LogP contribution in [-0.2, 0) is 19.1 Å². The first-order chi connectivity index (χ1) is 24.2. The Morgan fingerprint density at radius 2 is 1.04 bits per heavy atom. The normalized spacial score (nSPS) is 29.9. The molecular formula is C41H58O10. The molecular weight excluding hydrogens is 652 g/mol. The van der Waals surface area contributed by atoms with Crippen molar-refractivity contribution in [3.05, 3.63) is 70.9 Å². The van der Waals surface area contributed by atoms with Gasteiger partial charge in [-0.3, -0.25) is 0 Å². The Morgan fingerprint density at radius 3 is 1.25 bits per heavy atom. The molecule has 7 atom stereocenters. The summed E-state index contributed by atoms with van der Waals surface area (Å²) in [5.74, 6) is -0.00606. The van der Waals surface area contributed by atoms with Gasteiger partial charge in [-0.15, -0.1) is 0 Å². The molecule has 10 nitrogen and oxygen atoms in total. The number of aliphatic carboxylic acids is 3. The first-order valence-electron chi connectivity index (χ1n) is 18.5. The molecule has 6 aliphatic carbocycles. The first-order valence-corrected chi connectivity index (χ1v) is 18.5. The van der Waals surface area contributed by atoms with Gasteiger partial charge >= 0.3 is 17.9 Å². The van der Waals surface area contributed by atoms with Crippen LogP contribution in [0.15, 0.2) is 70.9 Å². The monoisotopic (exact) mass is 710 g/mol. The predicted molar refractivity (Wildman–Crippen MR) is 194 cm³/mol. The molecule has 6 aliphatic rings. The Morgan fingerprint density at radius 1 is 0.647 bits per heavy atom. The van der Waals surface area contributed by atoms with Crippen LogP contribution in [0.1, 0.15) is 85.5 Å². The van der Waals surface area contributed by atoms with E-state index in [1.807, 2.05) is 6.08 Å². The SMILES string of the molecule is C1=CC2CCC1C2.C1=CC2CCC1C2.CCOC(CO)(C1=CC2CCC1C2)C(CO)(CO)C(C=C(C)C(=O)O)(C=C(C)C(=O)O)C=C(C)C(=O)O. The molecule has 0 saturated heterocycles. The lowest BCUT2D eigenvalue weighted by molar-refractivity contribution is -0.192. The minimum absolute atomic E-state index is 0.0258. The van der Waals surface area contributed by atoms with Crippen LogP contribution in [0, 0.1) is 46.3 Å². The summed E-state index contributed by atoms with van der Waals surface area (Å²) in [5.41, 5.74) is -6.10. The van der Waals surface area contributed by atoms with E-state index in [1.54, 1.807) is 6.92 Å². The largest absolute Gasteiger partial charge is 0.478 e. The Kier molecular flexibility index (Phi) is 13.5. The number of rotatable bonds is 14. The third-order valence-corrected chi connectivity index (χ3v) is 12.3. The van der Waals surface area contributed by atoms with Crippen molar-refractivity contribution in [2.75, 3.05) is 26.4 Å². The van der Waals surface area contributed by atoms with E-state index in [2.05, 4.69) is 24.3 Å². The van der Waals surface area contributed by atoms with Crippen LogP contribution in [0.5, 0.6) is 0 Å². The van der Waals surface area contributed by atoms with E-state index in [0.717, 1.165) is 61.2 Å². The lowest BCUT2D eigenvalue weighted by Gasteiger charge is -2.57. The molecule has 6 bridgehead atoms. The smallest absolute Gasteiger partial charge is 0.330 e. The van der Waals surface area contributed by atoms with Crippen LogP contribution >= 0.6 is 0 Å². The number of carbonyl (C=O) groups is 3. The zero-order valence-electron chi connectivity index (χ0n) is 30.6. The van der Waals surface area contributed by atoms with E-state index in [9.17, 15) is 45.0 Å². The maximum atomic E-state index is 12.0. The van der Waals surface area contributed by atoms with E-state index in [1.165, 1.54) is 59.3 Å². The highest BCUT2D eigenvalue weighted by atomic mass is 16.5. The molecule has 0 amide bonds. The van der Waals surface area contributed by atoms with E-state index in [4.69, 9.17) is 4.74 Å². The average molecular weight is 711 g/mol. The minimum atomic E-state index is -2.04. The fourth-order valence-corrected chi connectivity index (χ4v) is 9.50. The molecule has 0 aliphatic heterocycles. The Balaban J connectivity index is 0.000000332. The fraction of sp³-hybridized carbons (Fsp3) is 0.634. The third-order valence-electron chi connectivity index (χ3n) is 12.3. The third kappa shape index (κ3) is 8.35. The molecule has 0 aromatic heterocycles. The zero-order chi connectivity index (χ0) is 37.6. The zero-order valence-corrected chi connectivity index (χ0v) is 30.6. The van der Waals surface area contributed by atoms with Gasteiger partial charge in [0.05, 0.1) is 25.2 Å². The maximum Gasteiger partial charge on any atom is 0.330 e. The molecule has 3 saturated carbocycles. The van der Waals surface area contributed by atoms with Gasteiger partial charge in [0, 0.05) is 28.7 Å². The quantitative estimate of drug-likeness (QED) is 0.0910. The van der Waals surface area contributed by atoms with Crippen LogP contribution in [0.4, 0.5) is 0 Å². The lowest BCUT2D eigenvalue weighted by Crippen LogP contribution is -2.65. The van der Waals surface area contributed by atoms with Crippen molar-refractivity contribution < 1.29 is 49.8 Å². The molecule has 6 rings (SSSR count). The van der Waals surface area contributed by atoms with Crippen LogP contribution in [0.3, 0.4) is 0 Å². The lowest BCUT2D eigenvalue weighted by atomic mass is 9.51. The molecule has 282 valence electrons. The number of allylic oxidation sites excluding steroid dienone is 8. The minimum Gasteiger partial charge on any atom is -0.478 e. The second-order valence-corrected chi connectivity index (χ2v) is 15.5. The number of fused-ring (bicyclic) bond motifs is 6. The van der Waals surface area contributed by atoms with Crippen molar-refractivity contribution in [2.45, 2.75) is 91.1 Å². The molecule has 3 fully saturated rings. The van der Waals surface area contributed by atoms with Crippen LogP contribution in [0.25, 0.3) is 0 Å². The van der Waals surface area contributed by atoms with Gasteiger partial charge in [0.25, 0.3) is 0 Å². The molecule has 7 unspecified atom stereocenters. The van der Waals surface area contributed by atoms with Crippen molar-refractivity contribution in [3.8, 4) is 0 Å². The van der Waals surface area contributed by atoms with Crippen molar-refractivity contribution in [1.29, 1.82) is 0 Å². The average Bonchev–Trinajstić information content (AvgIpc) is 3.98. The summed E-state index contributed by atoms with van der Waals surface area (Å²) in [6, 6.07) is 0. The van der Waals surface area contributed by atoms with Gasteiger partial charge in [-0.2, -0.15) is 0 Å². The molecule has 6 N–H and O–H groups in total. The first kappa shape index (κ1) is 40.5. The van der Waals surface area contributed by atoms with E-state index in [0.29, 0.717) is 5.57 Å². The summed E-state index contributed by atoms with van der Waals surface area (Å²) in [6.07, 6.45) is 26.2. The molecule has 51 heavy (non-hydrogen) atoms. The number of aliphatic hydroxyl groups is 3. The van der Waals surface area contributed by atoms with E-state index in [-0.39, 0.29) is 35.2 Å². The van der Waals surface area contributed by atoms with E-state index < -0.39 is 54.2 Å². The highest BCUT2D eigenvalue weighted by Gasteiger charge is 2.65. The molecule has 0 heterocycles. The Labute approximate surface area is 302 Å². The van der Waals surface area contributed by atoms with Gasteiger partial charge < -0.3 is 35.4 Å². The molecule has 0 spiro atoms. The van der Waals surface area contributed by atoms with E-state index >= 15 is 0 Å². The highest BCUT2D eigenvalue weighted by Crippen LogP contribution is 2.60. The standard InChI is InChI=1S/C27H38O10.2C7H10/c1-5-37-27(15-30,21-9-19-6-7-20(21)8-19)26(13-28,14-29)25(10-16(2)22(31)32,11-17(3)23(33)34)12-18(4)24(35)36;2*1-2-7-4-3-6(1)5-7/h9-12,19-20,28-30H,5-8,13-15H2,1-4H3,(H,31,32)(H,33,34)(H,35,36);2*1-2,6-7H,3-5H2. The van der Waals surface area contributed by atoms with Crippen LogP contribution in [0.2, 0.25) is 0 Å². The number of ether oxygens (including phenoxy) is 1. The molecule has 0 aromatic carbocycles. The Hall–Kier alpha value is -3.31. The van der Waals surface area contributed by atoms with Gasteiger partial charge in [0.15, 0.2) is 0 Å². The van der Waals surface area contributed by atoms with Gasteiger partial charge in [-0.05, 0) is 127 Å². The molecule has 0 radical (unpaired) electrons. The summed E-state index contributed by atoms with van der Waals surface area (Å²) in [7, 11) is 0. The second kappa shape index (κ2) is 17.0. The van der Waals surface area contributed by atoms with Gasteiger partial charge in [-0.25, -0.2) is 14.4 Å². The highest BCUT2D eigenvalue weighted by molar-refractivity contribution is 5.89. The summed E-state index contributed by atoms with van der Waals surface area (Å²) in [5, 5.41) is 62.4. The topological polar surface area (TPSA) is 182 Å². The van der Waals surface area contributed by atoms with Crippen molar-refractivity contribution in [1.82, 2.24) is 0 Å². The number of hydrogen-bond donors (Lipinski definition) is 6. The van der Waals surface area contributed by atoms with Crippen molar-refractivity contribution in [2.24, 2.45) is 46.3 Å². The van der Waals surface area contributed by atoms with Crippen molar-refractivity contribution in [3.63, 3.8) is 0 Å². The number of hydrogen-bond acceptors (Lipinski definition) is 7. The second-order valence-electron chi connectivity index (χ2n) is 15.5. The molecule has 10 heteroatoms. The summed E-state index contributed by atoms with van der Waals surface area (Å²) < 4.78 is 6.23. The summed E-state index contributed by atoms with van der Waals surface area (Å²) >= 11 is 0. The summed E-state index contributed by atoms with van der Waals surface area (Å²) in [6.45, 7) is 2.85. The van der Waals surface area contributed by atoms with Crippen LogP contribution in [-0.4, -0.2) is 80.6 Å². The number of aliphatic hydroxyl groups excluding tert-OH is 3. The fourth-order valence-electron chi connectivity index (χ4n) is 9.50. The predicted octanol–water partition coefficient (Wildman–Crippen LogP) is 6.11. The van der Waals surface area contributed by atoms with Crippen molar-refractivity contribution >= 4 is 17.9 Å². The van der Waals surface area contributed by atoms with Gasteiger partial charge in [0.2, 0.25) is 0 Å². The maximum absolute atomic E-state index is 12.0. The number of carboxylic acids is 3. The van der Waals surface area contributed by atoms with Gasteiger partial charge in [0.1, 0.15) is 5.60 Å². The summed E-state index contributed by atoms with van der Waals surface area (Å²) in [4.78, 5) is 35.9. The number of carboxylic acid groups (broad SMARTS) is 3. The van der Waals surface area contributed by atoms with Gasteiger partial charge in [-0.1, -0.05) is 48.6 Å².